The third-order valence-corrected chi connectivity index (χ3v) is 3.40. The average molecular weight is 340 g/mol. The lowest BCUT2D eigenvalue weighted by Crippen LogP contribution is -2.16. The van der Waals surface area contributed by atoms with Gasteiger partial charge in [-0.1, -0.05) is 29.8 Å². The zero-order valence-corrected chi connectivity index (χ0v) is 13.5. The topological polar surface area (TPSA) is 115 Å². The highest BCUT2D eigenvalue weighted by atomic mass is 16.4. The molecule has 0 saturated carbocycles. The Labute approximate surface area is 142 Å². The van der Waals surface area contributed by atoms with Gasteiger partial charge in [-0.15, -0.1) is 5.10 Å². The summed E-state index contributed by atoms with van der Waals surface area (Å²) in [6.45, 7) is 2.25. The summed E-state index contributed by atoms with van der Waals surface area (Å²) in [7, 11) is 0. The Kier molecular flexibility index (Phi) is 4.55. The Morgan fingerprint density at radius 2 is 1.88 bits per heavy atom. The number of aryl methyl sites for hydroxylation is 1. The lowest BCUT2D eigenvalue weighted by Gasteiger charge is -2.01. The van der Waals surface area contributed by atoms with Gasteiger partial charge in [0.05, 0.1) is 6.54 Å². The van der Waals surface area contributed by atoms with Crippen molar-refractivity contribution in [3.05, 3.63) is 59.7 Å². The molecule has 9 heteroatoms. The van der Waals surface area contributed by atoms with Crippen LogP contribution < -0.4 is 5.32 Å². The summed E-state index contributed by atoms with van der Waals surface area (Å²) < 4.78 is 2.78. The minimum atomic E-state index is -1.04. The summed E-state index contributed by atoms with van der Waals surface area (Å²) in [6.07, 6.45) is 2.95. The van der Waals surface area contributed by atoms with Crippen LogP contribution in [0.25, 0.3) is 0 Å². The summed E-state index contributed by atoms with van der Waals surface area (Å²) in [5.41, 5.74) is 2.34. The summed E-state index contributed by atoms with van der Waals surface area (Å²) in [5, 5.41) is 19.3. The van der Waals surface area contributed by atoms with Gasteiger partial charge in [-0.2, -0.15) is 5.10 Å². The molecule has 0 aliphatic carbocycles. The third kappa shape index (κ3) is 4.28. The number of anilines is 1. The molecule has 2 aromatic heterocycles. The van der Waals surface area contributed by atoms with Gasteiger partial charge >= 0.3 is 5.97 Å². The van der Waals surface area contributed by atoms with Crippen LogP contribution in [-0.2, 0) is 17.9 Å². The van der Waals surface area contributed by atoms with Crippen molar-refractivity contribution >= 4 is 17.8 Å². The zero-order valence-electron chi connectivity index (χ0n) is 13.5. The molecule has 0 aliphatic rings. The smallest absolute Gasteiger partial charge is 0.325 e. The van der Waals surface area contributed by atoms with Crippen molar-refractivity contribution in [1.82, 2.24) is 24.5 Å². The molecule has 0 unspecified atom stereocenters. The number of aliphatic carboxylic acids is 1. The minimum Gasteiger partial charge on any atom is -0.480 e. The van der Waals surface area contributed by atoms with Crippen LogP contribution in [0.2, 0.25) is 0 Å². The van der Waals surface area contributed by atoms with Gasteiger partial charge in [0, 0.05) is 6.20 Å². The molecule has 1 aromatic carbocycles. The zero-order chi connectivity index (χ0) is 17.8. The van der Waals surface area contributed by atoms with Crippen molar-refractivity contribution in [2.75, 3.05) is 5.32 Å². The number of carbonyl (C=O) groups excluding carboxylic acids is 1. The van der Waals surface area contributed by atoms with Gasteiger partial charge in [-0.25, -0.2) is 9.67 Å². The Morgan fingerprint density at radius 3 is 2.60 bits per heavy atom. The fourth-order valence-electron chi connectivity index (χ4n) is 2.18. The summed E-state index contributed by atoms with van der Waals surface area (Å²) in [6, 6.07) is 9.47. The largest absolute Gasteiger partial charge is 0.480 e. The molecule has 0 radical (unpaired) electrons. The molecule has 2 N–H and O–H groups in total. The standard InChI is InChI=1S/C16H16N6O3/c1-11-2-4-12(5-3-11)8-22-10-17-16(20-22)18-15(25)13-6-7-21(19-13)9-14(23)24/h2-7,10H,8-9H2,1H3,(H,23,24)(H,18,20,25). The SMILES string of the molecule is Cc1ccc(Cn2cnc(NC(=O)c3ccn(CC(=O)O)n3)n2)cc1. The Balaban J connectivity index is 1.62. The number of nitrogens with zero attached hydrogens (tertiary/aromatic N) is 5. The molecule has 3 aromatic rings. The van der Waals surface area contributed by atoms with Crippen molar-refractivity contribution in [1.29, 1.82) is 0 Å². The van der Waals surface area contributed by atoms with E-state index in [-0.39, 0.29) is 18.2 Å². The molecule has 0 bridgehead atoms. The number of carbonyl (C=O) groups is 2. The highest BCUT2D eigenvalue weighted by molar-refractivity contribution is 6.01. The van der Waals surface area contributed by atoms with Crippen LogP contribution in [0.1, 0.15) is 21.6 Å². The number of hydrogen-bond donors (Lipinski definition) is 2. The quantitative estimate of drug-likeness (QED) is 0.696. The highest BCUT2D eigenvalue weighted by Crippen LogP contribution is 2.07. The van der Waals surface area contributed by atoms with Crippen molar-refractivity contribution in [2.45, 2.75) is 20.0 Å². The molecular formula is C16H16N6O3. The van der Waals surface area contributed by atoms with Crippen LogP contribution >= 0.6 is 0 Å². The summed E-state index contributed by atoms with van der Waals surface area (Å²) in [4.78, 5) is 26.8. The van der Waals surface area contributed by atoms with E-state index >= 15 is 0 Å². The molecule has 0 spiro atoms. The first kappa shape index (κ1) is 16.4. The number of benzene rings is 1. The molecule has 3 rings (SSSR count). The number of carboxylic acids is 1. The molecule has 0 atom stereocenters. The predicted molar refractivity (Wildman–Crippen MR) is 88.1 cm³/mol. The van der Waals surface area contributed by atoms with Crippen LogP contribution in [0.4, 0.5) is 5.95 Å². The van der Waals surface area contributed by atoms with Gasteiger partial charge < -0.3 is 5.11 Å². The third-order valence-electron chi connectivity index (χ3n) is 3.40. The van der Waals surface area contributed by atoms with Gasteiger partial charge in [0.1, 0.15) is 12.9 Å². The lowest BCUT2D eigenvalue weighted by atomic mass is 10.1. The van der Waals surface area contributed by atoms with Gasteiger partial charge in [-0.05, 0) is 18.6 Å². The van der Waals surface area contributed by atoms with E-state index in [1.54, 1.807) is 4.68 Å². The number of aromatic nitrogens is 5. The van der Waals surface area contributed by atoms with E-state index in [0.29, 0.717) is 6.54 Å². The molecule has 128 valence electrons. The van der Waals surface area contributed by atoms with Crippen molar-refractivity contribution in [2.24, 2.45) is 0 Å². The molecule has 9 nitrogen and oxygen atoms in total. The van der Waals surface area contributed by atoms with Gasteiger partial charge in [0.2, 0.25) is 5.95 Å². The molecule has 1 amide bonds. The van der Waals surface area contributed by atoms with Crippen molar-refractivity contribution < 1.29 is 14.7 Å². The maximum atomic E-state index is 12.1. The Hall–Kier alpha value is -3.49. The normalized spacial score (nSPS) is 10.6. The average Bonchev–Trinajstić information content (AvgIpc) is 3.19. The van der Waals surface area contributed by atoms with Gasteiger partial charge in [0.15, 0.2) is 5.69 Å². The van der Waals surface area contributed by atoms with Crippen LogP contribution in [0.5, 0.6) is 0 Å². The number of rotatable bonds is 6. The van der Waals surface area contributed by atoms with E-state index in [4.69, 9.17) is 5.11 Å². The second kappa shape index (κ2) is 6.95. The Bertz CT molecular complexity index is 897. The fourth-order valence-corrected chi connectivity index (χ4v) is 2.18. The van der Waals surface area contributed by atoms with Crippen LogP contribution in [0, 0.1) is 6.92 Å². The van der Waals surface area contributed by atoms with Gasteiger partial charge in [-0.3, -0.25) is 19.6 Å². The van der Waals surface area contributed by atoms with E-state index in [1.807, 2.05) is 31.2 Å². The highest BCUT2D eigenvalue weighted by Gasteiger charge is 2.13. The van der Waals surface area contributed by atoms with E-state index in [1.165, 1.54) is 28.8 Å². The first-order valence-electron chi connectivity index (χ1n) is 7.51. The minimum absolute atomic E-state index is 0.0936. The number of nitrogens with one attached hydrogen (secondary N) is 1. The maximum absolute atomic E-state index is 12.1. The lowest BCUT2D eigenvalue weighted by molar-refractivity contribution is -0.137. The first-order valence-corrected chi connectivity index (χ1v) is 7.51. The van der Waals surface area contributed by atoms with Crippen molar-refractivity contribution in [3.63, 3.8) is 0 Å². The monoisotopic (exact) mass is 340 g/mol. The van der Waals surface area contributed by atoms with E-state index < -0.39 is 11.9 Å². The van der Waals surface area contributed by atoms with E-state index in [9.17, 15) is 9.59 Å². The summed E-state index contributed by atoms with van der Waals surface area (Å²) in [5.74, 6) is -1.38. The first-order chi connectivity index (χ1) is 12.0. The van der Waals surface area contributed by atoms with Crippen LogP contribution in [0.3, 0.4) is 0 Å². The second-order valence-corrected chi connectivity index (χ2v) is 5.50. The van der Waals surface area contributed by atoms with Gasteiger partial charge in [0.25, 0.3) is 5.91 Å². The molecule has 25 heavy (non-hydrogen) atoms. The number of carboxylic acid groups (broad SMARTS) is 1. The van der Waals surface area contributed by atoms with E-state index in [2.05, 4.69) is 20.5 Å². The van der Waals surface area contributed by atoms with Crippen LogP contribution in [-0.4, -0.2) is 41.5 Å². The predicted octanol–water partition coefficient (Wildman–Crippen LogP) is 1.17. The second-order valence-electron chi connectivity index (χ2n) is 5.50. The molecule has 0 aliphatic heterocycles. The number of hydrogen-bond acceptors (Lipinski definition) is 5. The molecule has 0 fully saturated rings. The van der Waals surface area contributed by atoms with Crippen LogP contribution in [0.15, 0.2) is 42.9 Å². The molecule has 0 saturated heterocycles. The molecular weight excluding hydrogens is 324 g/mol. The Morgan fingerprint density at radius 1 is 1.12 bits per heavy atom. The molecule has 2 heterocycles. The van der Waals surface area contributed by atoms with E-state index in [0.717, 1.165) is 5.56 Å². The van der Waals surface area contributed by atoms with Crippen molar-refractivity contribution in [3.8, 4) is 0 Å². The maximum Gasteiger partial charge on any atom is 0.325 e. The summed E-state index contributed by atoms with van der Waals surface area (Å²) >= 11 is 0. The fraction of sp³-hybridized carbons (Fsp3) is 0.188. The number of amides is 1.